The van der Waals surface area contributed by atoms with Crippen LogP contribution in [0.3, 0.4) is 0 Å². The Labute approximate surface area is 135 Å². The molecule has 0 aromatic heterocycles. The molecule has 0 amide bonds. The van der Waals surface area contributed by atoms with Crippen LogP contribution in [0.5, 0.6) is 0 Å². The van der Waals surface area contributed by atoms with E-state index in [1.54, 1.807) is 0 Å². The third kappa shape index (κ3) is 4.84. The average molecular weight is 410 g/mol. The molecule has 0 bridgehead atoms. The van der Waals surface area contributed by atoms with E-state index in [2.05, 4.69) is 18.1 Å². The second kappa shape index (κ2) is 7.49. The molecule has 0 saturated carbocycles. The molecule has 1 atom stereocenters. The summed E-state index contributed by atoms with van der Waals surface area (Å²) in [7, 11) is -7.42. The lowest BCUT2D eigenvalue weighted by Crippen LogP contribution is -3.05. The SMILES string of the molecule is CCC[NH+]1C=CN=C1.O=S(=O)([O-])C(F)(F)C(F)(F)C(F)(F)C(F)(F)F. The van der Waals surface area contributed by atoms with E-state index < -0.39 is 33.4 Å². The molecular formula is C10H11F9N2O3S. The van der Waals surface area contributed by atoms with Crippen LogP contribution >= 0.6 is 0 Å². The molecule has 1 unspecified atom stereocenters. The van der Waals surface area contributed by atoms with Gasteiger partial charge in [0.1, 0.15) is 6.20 Å². The Hall–Kier alpha value is -1.35. The highest BCUT2D eigenvalue weighted by Crippen LogP contribution is 2.54. The van der Waals surface area contributed by atoms with Crippen molar-refractivity contribution in [1.29, 1.82) is 0 Å². The Morgan fingerprint density at radius 3 is 1.76 bits per heavy atom. The summed E-state index contributed by atoms with van der Waals surface area (Å²) in [5.74, 6) is -14.8. The third-order valence-electron chi connectivity index (χ3n) is 2.58. The van der Waals surface area contributed by atoms with Gasteiger partial charge in [-0.1, -0.05) is 6.92 Å². The van der Waals surface area contributed by atoms with Gasteiger partial charge in [0.2, 0.25) is 0 Å². The van der Waals surface area contributed by atoms with Crippen molar-refractivity contribution in [3.63, 3.8) is 0 Å². The first-order valence-corrected chi connectivity index (χ1v) is 7.55. The Bertz CT molecular complexity index is 602. The van der Waals surface area contributed by atoms with E-state index in [1.807, 2.05) is 12.5 Å². The standard InChI is InChI=1S/C6H10N2.C4HF9O3S/c1-2-4-8-5-3-7-6-8;5-1(6,3(9,10)11)2(7,8)4(12,13)17(14,15)16/h3,5-6H,2,4H2,1H3;(H,14,15,16). The highest BCUT2D eigenvalue weighted by atomic mass is 32.2. The van der Waals surface area contributed by atoms with Crippen molar-refractivity contribution in [3.8, 4) is 0 Å². The lowest BCUT2D eigenvalue weighted by atomic mass is 10.1. The van der Waals surface area contributed by atoms with Crippen molar-refractivity contribution in [2.75, 3.05) is 6.54 Å². The Morgan fingerprint density at radius 2 is 1.48 bits per heavy atom. The van der Waals surface area contributed by atoms with Crippen LogP contribution in [-0.2, 0) is 10.1 Å². The van der Waals surface area contributed by atoms with Gasteiger partial charge in [0, 0.05) is 0 Å². The molecule has 1 rings (SSSR count). The summed E-state index contributed by atoms with van der Waals surface area (Å²) < 4.78 is 135. The van der Waals surface area contributed by atoms with Crippen LogP contribution in [0.4, 0.5) is 39.5 Å². The number of nitrogens with one attached hydrogen (secondary N) is 1. The smallest absolute Gasteiger partial charge is 0.460 e. The summed E-state index contributed by atoms with van der Waals surface area (Å²) >= 11 is 0. The van der Waals surface area contributed by atoms with Crippen LogP contribution in [0.15, 0.2) is 17.4 Å². The molecular weight excluding hydrogens is 399 g/mol. The topological polar surface area (TPSA) is 74.0 Å². The van der Waals surface area contributed by atoms with Gasteiger partial charge in [-0.05, 0) is 6.42 Å². The van der Waals surface area contributed by atoms with Crippen LogP contribution in [0, 0.1) is 0 Å². The number of aliphatic imine (C=N–C) groups is 1. The van der Waals surface area contributed by atoms with Crippen LogP contribution < -0.4 is 4.90 Å². The summed E-state index contributed by atoms with van der Waals surface area (Å²) in [6, 6.07) is 0. The largest absolute Gasteiger partial charge is 0.743 e. The van der Waals surface area contributed by atoms with E-state index in [0.717, 1.165) is 0 Å². The van der Waals surface area contributed by atoms with Gasteiger partial charge in [-0.25, -0.2) is 13.4 Å². The first-order valence-electron chi connectivity index (χ1n) is 6.14. The van der Waals surface area contributed by atoms with Gasteiger partial charge in [-0.15, -0.1) is 0 Å². The van der Waals surface area contributed by atoms with Crippen molar-refractivity contribution in [2.45, 2.75) is 36.6 Å². The maximum Gasteiger partial charge on any atom is 0.460 e. The molecule has 5 nitrogen and oxygen atoms in total. The van der Waals surface area contributed by atoms with Crippen molar-refractivity contribution >= 4 is 16.5 Å². The predicted molar refractivity (Wildman–Crippen MR) is 64.3 cm³/mol. The van der Waals surface area contributed by atoms with Gasteiger partial charge >= 0.3 is 23.3 Å². The fourth-order valence-corrected chi connectivity index (χ4v) is 1.72. The molecule has 1 aliphatic heterocycles. The molecule has 1 heterocycles. The lowest BCUT2D eigenvalue weighted by molar-refractivity contribution is -0.736. The second-order valence-electron chi connectivity index (χ2n) is 4.54. The fourth-order valence-electron chi connectivity index (χ4n) is 1.27. The van der Waals surface area contributed by atoms with Crippen molar-refractivity contribution < 1.29 is 57.4 Å². The number of alkyl halides is 9. The second-order valence-corrected chi connectivity index (χ2v) is 5.96. The number of nitrogens with zero attached hydrogens (tertiary/aromatic N) is 1. The number of hydrogen-bond acceptors (Lipinski definition) is 4. The van der Waals surface area contributed by atoms with Crippen molar-refractivity contribution in [2.24, 2.45) is 4.99 Å². The molecule has 0 aliphatic carbocycles. The van der Waals surface area contributed by atoms with Crippen LogP contribution in [0.1, 0.15) is 13.3 Å². The highest BCUT2D eigenvalue weighted by Gasteiger charge is 2.83. The molecule has 0 fully saturated rings. The maximum atomic E-state index is 12.2. The maximum absolute atomic E-state index is 12.2. The first-order chi connectivity index (χ1) is 10.9. The van der Waals surface area contributed by atoms with Crippen molar-refractivity contribution in [1.82, 2.24) is 0 Å². The molecule has 148 valence electrons. The van der Waals surface area contributed by atoms with Crippen LogP contribution in [0.25, 0.3) is 0 Å². The summed E-state index contributed by atoms with van der Waals surface area (Å²) in [6.07, 6.45) is -0.131. The molecule has 0 saturated heterocycles. The lowest BCUT2D eigenvalue weighted by Gasteiger charge is -2.34. The van der Waals surface area contributed by atoms with Crippen LogP contribution in [0.2, 0.25) is 0 Å². The molecule has 0 radical (unpaired) electrons. The molecule has 1 aliphatic rings. The summed E-state index contributed by atoms with van der Waals surface area (Å²) in [4.78, 5) is 5.29. The zero-order valence-electron chi connectivity index (χ0n) is 12.1. The number of rotatable bonds is 5. The minimum absolute atomic E-state index is 1.17. The molecule has 15 heteroatoms. The van der Waals surface area contributed by atoms with Crippen molar-refractivity contribution in [3.05, 3.63) is 12.4 Å². The molecule has 25 heavy (non-hydrogen) atoms. The van der Waals surface area contributed by atoms with E-state index in [4.69, 9.17) is 0 Å². The minimum Gasteiger partial charge on any atom is -0.743 e. The van der Waals surface area contributed by atoms with Gasteiger partial charge in [-0.3, -0.25) is 4.90 Å². The summed E-state index contributed by atoms with van der Waals surface area (Å²) in [6.45, 7) is 3.34. The van der Waals surface area contributed by atoms with Gasteiger partial charge in [0.25, 0.3) is 0 Å². The average Bonchev–Trinajstić information content (AvgIpc) is 2.90. The van der Waals surface area contributed by atoms with Crippen LogP contribution in [-0.4, -0.2) is 49.1 Å². The van der Waals surface area contributed by atoms with Gasteiger partial charge in [-0.2, -0.15) is 39.5 Å². The van der Waals surface area contributed by atoms with E-state index >= 15 is 0 Å². The van der Waals surface area contributed by atoms with E-state index in [9.17, 15) is 52.5 Å². The Morgan fingerprint density at radius 1 is 1.00 bits per heavy atom. The zero-order valence-corrected chi connectivity index (χ0v) is 12.9. The third-order valence-corrected chi connectivity index (χ3v) is 3.47. The van der Waals surface area contributed by atoms with E-state index in [1.165, 1.54) is 17.9 Å². The monoisotopic (exact) mass is 410 g/mol. The van der Waals surface area contributed by atoms with Gasteiger partial charge in [0.15, 0.2) is 16.5 Å². The Balaban J connectivity index is 0.000000593. The molecule has 1 N–H and O–H groups in total. The van der Waals surface area contributed by atoms with Gasteiger partial charge in [0.05, 0.1) is 12.7 Å². The quantitative estimate of drug-likeness (QED) is 0.555. The number of halogens is 9. The number of quaternary nitrogens is 1. The minimum atomic E-state index is -7.43. The van der Waals surface area contributed by atoms with E-state index in [0.29, 0.717) is 0 Å². The summed E-state index contributed by atoms with van der Waals surface area (Å²) in [5.41, 5.74) is 0. The molecule has 0 aromatic carbocycles. The first kappa shape index (κ1) is 23.6. The molecule has 0 aromatic rings. The number of hydrogen-bond donors (Lipinski definition) is 1. The highest BCUT2D eigenvalue weighted by molar-refractivity contribution is 7.86. The van der Waals surface area contributed by atoms with Gasteiger partial charge < -0.3 is 4.55 Å². The zero-order chi connectivity index (χ0) is 20.3. The predicted octanol–water partition coefficient (Wildman–Crippen LogP) is 1.75. The fraction of sp³-hybridized carbons (Fsp3) is 0.700. The Kier molecular flexibility index (Phi) is 7.09. The summed E-state index contributed by atoms with van der Waals surface area (Å²) in [5, 5.41) is -7.11. The molecule has 0 spiro atoms. The van der Waals surface area contributed by atoms with E-state index in [-0.39, 0.29) is 0 Å². The normalized spacial score (nSPS) is 18.9.